The molecule has 2 aliphatic rings. The molecule has 1 aromatic carbocycles. The molecular formula is C15H21FN2. The molecule has 0 aliphatic carbocycles. The maximum atomic E-state index is 13.6. The lowest BCUT2D eigenvalue weighted by molar-refractivity contribution is 0.431. The predicted octanol–water partition coefficient (Wildman–Crippen LogP) is 3.02. The second kappa shape index (κ2) is 4.54. The Bertz CT molecular complexity index is 432. The summed E-state index contributed by atoms with van der Waals surface area (Å²) in [6, 6.07) is 5.28. The Morgan fingerprint density at radius 2 is 2.00 bits per heavy atom. The molecule has 1 unspecified atom stereocenters. The largest absolute Gasteiger partial charge is 0.371 e. The van der Waals surface area contributed by atoms with Gasteiger partial charge in [0.25, 0.3) is 0 Å². The van der Waals surface area contributed by atoms with Crippen molar-refractivity contribution in [2.75, 3.05) is 24.5 Å². The monoisotopic (exact) mass is 248 g/mol. The van der Waals surface area contributed by atoms with Crippen LogP contribution in [0.5, 0.6) is 0 Å². The molecule has 0 saturated carbocycles. The molecule has 18 heavy (non-hydrogen) atoms. The van der Waals surface area contributed by atoms with Gasteiger partial charge in [-0.3, -0.25) is 0 Å². The molecule has 98 valence electrons. The minimum absolute atomic E-state index is 0.0555. The smallest absolute Gasteiger partial charge is 0.123 e. The van der Waals surface area contributed by atoms with Crippen LogP contribution < -0.4 is 10.2 Å². The third-order valence-corrected chi connectivity index (χ3v) is 4.37. The first-order valence-electron chi connectivity index (χ1n) is 6.99. The van der Waals surface area contributed by atoms with E-state index in [4.69, 9.17) is 0 Å². The first kappa shape index (κ1) is 12.0. The van der Waals surface area contributed by atoms with Crippen molar-refractivity contribution in [1.29, 1.82) is 0 Å². The molecule has 1 aromatic rings. The van der Waals surface area contributed by atoms with Gasteiger partial charge in [-0.2, -0.15) is 0 Å². The summed E-state index contributed by atoms with van der Waals surface area (Å²) in [5.41, 5.74) is 2.31. The van der Waals surface area contributed by atoms with Crippen molar-refractivity contribution >= 4 is 5.69 Å². The van der Waals surface area contributed by atoms with Gasteiger partial charge in [-0.15, -0.1) is 0 Å². The van der Waals surface area contributed by atoms with Gasteiger partial charge < -0.3 is 10.2 Å². The average molecular weight is 248 g/mol. The van der Waals surface area contributed by atoms with E-state index >= 15 is 0 Å². The summed E-state index contributed by atoms with van der Waals surface area (Å²) in [7, 11) is 0. The third kappa shape index (κ3) is 2.01. The van der Waals surface area contributed by atoms with Gasteiger partial charge in [0.2, 0.25) is 0 Å². The van der Waals surface area contributed by atoms with Gasteiger partial charge in [-0.05, 0) is 62.9 Å². The van der Waals surface area contributed by atoms with Gasteiger partial charge in [-0.1, -0.05) is 0 Å². The summed E-state index contributed by atoms with van der Waals surface area (Å²) in [6.45, 7) is 5.45. The van der Waals surface area contributed by atoms with Crippen LogP contribution in [0.3, 0.4) is 0 Å². The minimum Gasteiger partial charge on any atom is -0.371 e. The third-order valence-electron chi connectivity index (χ3n) is 4.37. The summed E-state index contributed by atoms with van der Waals surface area (Å²) in [4.78, 5) is 2.40. The van der Waals surface area contributed by atoms with E-state index in [1.54, 1.807) is 12.1 Å². The number of benzene rings is 1. The Morgan fingerprint density at radius 1 is 1.22 bits per heavy atom. The summed E-state index contributed by atoms with van der Waals surface area (Å²) in [6.07, 6.45) is 4.77. The fourth-order valence-electron chi connectivity index (χ4n) is 3.31. The number of nitrogens with zero attached hydrogens (tertiary/aromatic N) is 1. The molecule has 2 aliphatic heterocycles. The molecule has 0 spiro atoms. The van der Waals surface area contributed by atoms with E-state index < -0.39 is 0 Å². The van der Waals surface area contributed by atoms with E-state index in [0.29, 0.717) is 0 Å². The summed E-state index contributed by atoms with van der Waals surface area (Å²) in [5, 5.41) is 3.55. The number of hydrogen-bond acceptors (Lipinski definition) is 2. The molecule has 1 N–H and O–H groups in total. The van der Waals surface area contributed by atoms with Crippen LogP contribution in [-0.4, -0.2) is 19.6 Å². The fraction of sp³-hybridized carbons (Fsp3) is 0.600. The highest BCUT2D eigenvalue weighted by molar-refractivity contribution is 5.57. The van der Waals surface area contributed by atoms with Gasteiger partial charge in [0.05, 0.1) is 0 Å². The Balaban J connectivity index is 2.02. The van der Waals surface area contributed by atoms with E-state index in [9.17, 15) is 4.39 Å². The van der Waals surface area contributed by atoms with E-state index in [2.05, 4.69) is 17.1 Å². The molecule has 3 rings (SSSR count). The molecule has 2 saturated heterocycles. The van der Waals surface area contributed by atoms with Gasteiger partial charge in [-0.25, -0.2) is 4.39 Å². The average Bonchev–Trinajstić information content (AvgIpc) is 3.00. The predicted molar refractivity (Wildman–Crippen MR) is 72.4 cm³/mol. The lowest BCUT2D eigenvalue weighted by Crippen LogP contribution is -2.35. The second-order valence-electron chi connectivity index (χ2n) is 5.72. The Hall–Kier alpha value is -1.09. The molecule has 0 radical (unpaired) electrons. The summed E-state index contributed by atoms with van der Waals surface area (Å²) >= 11 is 0. The molecule has 0 aromatic heterocycles. The van der Waals surface area contributed by atoms with Crippen LogP contribution in [0.1, 0.15) is 38.2 Å². The minimum atomic E-state index is -0.122. The van der Waals surface area contributed by atoms with Crippen LogP contribution in [0, 0.1) is 5.82 Å². The van der Waals surface area contributed by atoms with Crippen LogP contribution in [-0.2, 0) is 5.54 Å². The number of rotatable bonds is 2. The van der Waals surface area contributed by atoms with Gasteiger partial charge >= 0.3 is 0 Å². The highest BCUT2D eigenvalue weighted by Gasteiger charge is 2.33. The number of nitrogens with one attached hydrogen (secondary N) is 1. The van der Waals surface area contributed by atoms with Crippen molar-refractivity contribution in [3.8, 4) is 0 Å². The zero-order chi connectivity index (χ0) is 12.6. The van der Waals surface area contributed by atoms with Crippen molar-refractivity contribution < 1.29 is 4.39 Å². The normalized spacial score (nSPS) is 28.0. The van der Waals surface area contributed by atoms with Crippen molar-refractivity contribution in [3.05, 3.63) is 29.6 Å². The molecule has 2 nitrogen and oxygen atoms in total. The van der Waals surface area contributed by atoms with Gasteiger partial charge in [0, 0.05) is 24.3 Å². The molecule has 0 bridgehead atoms. The Morgan fingerprint density at radius 3 is 2.67 bits per heavy atom. The molecule has 2 fully saturated rings. The first-order valence-corrected chi connectivity index (χ1v) is 6.99. The summed E-state index contributed by atoms with van der Waals surface area (Å²) in [5.74, 6) is -0.122. The number of halogens is 1. The summed E-state index contributed by atoms with van der Waals surface area (Å²) < 4.78 is 13.6. The van der Waals surface area contributed by atoms with Crippen molar-refractivity contribution in [2.45, 2.75) is 38.1 Å². The molecule has 2 heterocycles. The van der Waals surface area contributed by atoms with Crippen LogP contribution >= 0.6 is 0 Å². The lowest BCUT2D eigenvalue weighted by atomic mass is 9.88. The van der Waals surface area contributed by atoms with E-state index in [1.165, 1.54) is 24.9 Å². The lowest BCUT2D eigenvalue weighted by Gasteiger charge is -2.31. The Labute approximate surface area is 108 Å². The molecular weight excluding hydrogens is 227 g/mol. The molecule has 0 amide bonds. The van der Waals surface area contributed by atoms with Gasteiger partial charge in [0.1, 0.15) is 5.82 Å². The van der Waals surface area contributed by atoms with Crippen molar-refractivity contribution in [3.63, 3.8) is 0 Å². The van der Waals surface area contributed by atoms with Crippen LogP contribution in [0.25, 0.3) is 0 Å². The fourth-order valence-corrected chi connectivity index (χ4v) is 3.31. The van der Waals surface area contributed by atoms with Crippen LogP contribution in [0.2, 0.25) is 0 Å². The SMILES string of the molecule is CC1(c2cc(F)ccc2N2CCCC2)CCCN1. The standard InChI is InChI=1S/C15H21FN2/c1-15(7-4-8-17-15)13-11-12(16)5-6-14(13)18-9-2-3-10-18/h5-6,11,17H,2-4,7-10H2,1H3. The van der Waals surface area contributed by atoms with Crippen LogP contribution in [0.4, 0.5) is 10.1 Å². The zero-order valence-corrected chi connectivity index (χ0v) is 11.0. The first-order chi connectivity index (χ1) is 8.69. The van der Waals surface area contributed by atoms with Gasteiger partial charge in [0.15, 0.2) is 0 Å². The van der Waals surface area contributed by atoms with E-state index in [1.807, 2.05) is 6.07 Å². The quantitative estimate of drug-likeness (QED) is 0.865. The number of anilines is 1. The number of hydrogen-bond donors (Lipinski definition) is 1. The maximum absolute atomic E-state index is 13.6. The zero-order valence-electron chi connectivity index (χ0n) is 11.0. The second-order valence-corrected chi connectivity index (χ2v) is 5.72. The van der Waals surface area contributed by atoms with E-state index in [-0.39, 0.29) is 11.4 Å². The van der Waals surface area contributed by atoms with Crippen molar-refractivity contribution in [2.24, 2.45) is 0 Å². The van der Waals surface area contributed by atoms with E-state index in [0.717, 1.165) is 31.6 Å². The molecule has 3 heteroatoms. The van der Waals surface area contributed by atoms with Crippen LogP contribution in [0.15, 0.2) is 18.2 Å². The maximum Gasteiger partial charge on any atom is 0.123 e. The highest BCUT2D eigenvalue weighted by atomic mass is 19.1. The van der Waals surface area contributed by atoms with Crippen molar-refractivity contribution in [1.82, 2.24) is 5.32 Å². The topological polar surface area (TPSA) is 15.3 Å². The Kier molecular flexibility index (Phi) is 3.02. The molecule has 1 atom stereocenters. The highest BCUT2D eigenvalue weighted by Crippen LogP contribution is 2.38.